The fourth-order valence-corrected chi connectivity index (χ4v) is 2.75. The van der Waals surface area contributed by atoms with Gasteiger partial charge in [-0.05, 0) is 19.1 Å². The van der Waals surface area contributed by atoms with Crippen LogP contribution in [-0.4, -0.2) is 21.6 Å². The maximum absolute atomic E-state index is 12.9. The number of esters is 1. The first-order chi connectivity index (χ1) is 12.0. The van der Waals surface area contributed by atoms with Gasteiger partial charge in [-0.3, -0.25) is 9.48 Å². The minimum absolute atomic E-state index is 0.164. The molecule has 8 heteroatoms. The normalized spacial score (nSPS) is 16.8. The zero-order valence-electron chi connectivity index (χ0n) is 13.7. The van der Waals surface area contributed by atoms with Crippen LogP contribution in [0.3, 0.4) is 0 Å². The summed E-state index contributed by atoms with van der Waals surface area (Å²) in [7, 11) is 1.76. The molecule has 1 atom stereocenters. The molecule has 2 heterocycles. The van der Waals surface area contributed by atoms with Crippen molar-refractivity contribution in [1.82, 2.24) is 9.36 Å². The number of ether oxygens (including phenoxy) is 2. The number of hydrogen-bond acceptors (Lipinski definition) is 5. The van der Waals surface area contributed by atoms with Crippen molar-refractivity contribution in [2.24, 2.45) is 7.05 Å². The van der Waals surface area contributed by atoms with Crippen molar-refractivity contribution < 1.29 is 14.3 Å². The monoisotopic (exact) mass is 361 g/mol. The lowest BCUT2D eigenvalue weighted by Gasteiger charge is -2.13. The van der Waals surface area contributed by atoms with Crippen LogP contribution in [0.15, 0.2) is 58.7 Å². The topological polar surface area (TPSA) is 74.5 Å². The zero-order chi connectivity index (χ0) is 18.1. The molecule has 25 heavy (non-hydrogen) atoms. The van der Waals surface area contributed by atoms with E-state index < -0.39 is 12.3 Å². The Kier molecular flexibility index (Phi) is 4.41. The third-order valence-corrected chi connectivity index (χ3v) is 4.26. The van der Waals surface area contributed by atoms with Crippen molar-refractivity contribution in [3.8, 4) is 5.69 Å². The second kappa shape index (κ2) is 6.52. The van der Waals surface area contributed by atoms with Gasteiger partial charge in [0.25, 0.3) is 11.8 Å². The number of aromatic nitrogens is 2. The molecule has 2 aromatic rings. The van der Waals surface area contributed by atoms with Gasteiger partial charge in [0, 0.05) is 7.05 Å². The van der Waals surface area contributed by atoms with Gasteiger partial charge in [0.2, 0.25) is 0 Å². The van der Waals surface area contributed by atoms with Crippen LogP contribution < -0.4 is 10.9 Å². The van der Waals surface area contributed by atoms with Crippen LogP contribution in [0, 0.1) is 6.92 Å². The van der Waals surface area contributed by atoms with Crippen molar-refractivity contribution >= 4 is 23.3 Å². The second-order valence-corrected chi connectivity index (χ2v) is 5.71. The lowest BCUT2D eigenvalue weighted by molar-refractivity contribution is -0.152. The summed E-state index contributed by atoms with van der Waals surface area (Å²) in [6.45, 7) is 5.21. The van der Waals surface area contributed by atoms with E-state index in [1.165, 1.54) is 4.68 Å². The number of benzene rings is 1. The molecule has 0 saturated carbocycles. The lowest BCUT2D eigenvalue weighted by atomic mass is 10.3. The van der Waals surface area contributed by atoms with Crippen molar-refractivity contribution in [3.05, 3.63) is 69.9 Å². The molecule has 0 saturated heterocycles. The molecule has 0 bridgehead atoms. The van der Waals surface area contributed by atoms with Gasteiger partial charge in [0.05, 0.1) is 17.6 Å². The Hall–Kier alpha value is -2.93. The molecule has 1 aliphatic heterocycles. The number of para-hydroxylation sites is 1. The standard InChI is InChI=1S/C17H16ClN3O4/c1-4-24-17-14(12(18)16(23)25-17)19-13-10(2)20(3)21(15(13)22)11-8-6-5-7-9-11/h4-9,17,19H,1H2,2-3H3. The van der Waals surface area contributed by atoms with Crippen molar-refractivity contribution in [3.63, 3.8) is 0 Å². The Morgan fingerprint density at radius 1 is 1.32 bits per heavy atom. The fraction of sp³-hybridized carbons (Fsp3) is 0.176. The Labute approximate surface area is 148 Å². The number of carbonyl (C=O) groups excluding carboxylic acids is 1. The van der Waals surface area contributed by atoms with Crippen LogP contribution in [0.25, 0.3) is 5.69 Å². The first-order valence-electron chi connectivity index (χ1n) is 7.43. The van der Waals surface area contributed by atoms with Crippen LogP contribution in [0.5, 0.6) is 0 Å². The number of anilines is 1. The van der Waals surface area contributed by atoms with E-state index in [1.54, 1.807) is 18.7 Å². The summed E-state index contributed by atoms with van der Waals surface area (Å²) in [4.78, 5) is 24.5. The maximum atomic E-state index is 12.9. The van der Waals surface area contributed by atoms with Gasteiger partial charge in [-0.2, -0.15) is 0 Å². The predicted molar refractivity (Wildman–Crippen MR) is 93.4 cm³/mol. The van der Waals surface area contributed by atoms with E-state index in [0.717, 1.165) is 6.26 Å². The summed E-state index contributed by atoms with van der Waals surface area (Å²) < 4.78 is 13.3. The average molecular weight is 362 g/mol. The summed E-state index contributed by atoms with van der Waals surface area (Å²) in [5, 5.41) is 2.73. The van der Waals surface area contributed by atoms with Gasteiger partial charge in [-0.1, -0.05) is 36.4 Å². The van der Waals surface area contributed by atoms with E-state index >= 15 is 0 Å². The fourth-order valence-electron chi connectivity index (χ4n) is 2.57. The minimum atomic E-state index is -1.07. The summed E-state index contributed by atoms with van der Waals surface area (Å²) >= 11 is 5.99. The molecule has 7 nitrogen and oxygen atoms in total. The number of nitrogens with one attached hydrogen (secondary N) is 1. The third kappa shape index (κ3) is 2.83. The van der Waals surface area contributed by atoms with Gasteiger partial charge in [-0.25, -0.2) is 9.48 Å². The molecule has 1 N–H and O–H groups in total. The van der Waals surface area contributed by atoms with E-state index in [0.29, 0.717) is 11.4 Å². The number of cyclic esters (lactones) is 1. The van der Waals surface area contributed by atoms with Gasteiger partial charge in [0.15, 0.2) is 5.03 Å². The number of rotatable bonds is 5. The molecule has 0 spiro atoms. The molecular weight excluding hydrogens is 346 g/mol. The minimum Gasteiger partial charge on any atom is -0.457 e. The average Bonchev–Trinajstić information content (AvgIpc) is 2.98. The quantitative estimate of drug-likeness (QED) is 0.653. The Bertz CT molecular complexity index is 927. The predicted octanol–water partition coefficient (Wildman–Crippen LogP) is 2.39. The van der Waals surface area contributed by atoms with E-state index in [2.05, 4.69) is 11.9 Å². The van der Waals surface area contributed by atoms with Crippen molar-refractivity contribution in [1.29, 1.82) is 0 Å². The Morgan fingerprint density at radius 3 is 2.64 bits per heavy atom. The van der Waals surface area contributed by atoms with Gasteiger partial charge in [-0.15, -0.1) is 0 Å². The van der Waals surface area contributed by atoms with Gasteiger partial charge < -0.3 is 14.8 Å². The number of nitrogens with zero attached hydrogens (tertiary/aromatic N) is 2. The smallest absolute Gasteiger partial charge is 0.355 e. The summed E-state index contributed by atoms with van der Waals surface area (Å²) in [6.07, 6.45) is 0.0663. The molecule has 3 rings (SSSR count). The molecule has 1 aromatic heterocycles. The molecule has 0 amide bonds. The highest BCUT2D eigenvalue weighted by Gasteiger charge is 2.35. The molecule has 1 aliphatic rings. The van der Waals surface area contributed by atoms with Gasteiger partial charge in [0.1, 0.15) is 11.4 Å². The highest BCUT2D eigenvalue weighted by atomic mass is 35.5. The molecular formula is C17H16ClN3O4. The third-order valence-electron chi connectivity index (χ3n) is 3.90. The summed E-state index contributed by atoms with van der Waals surface area (Å²) in [5.74, 6) is -0.729. The van der Waals surface area contributed by atoms with Crippen LogP contribution in [0.4, 0.5) is 5.69 Å². The van der Waals surface area contributed by atoms with Crippen LogP contribution in [0.2, 0.25) is 0 Å². The molecule has 0 aliphatic carbocycles. The Morgan fingerprint density at radius 2 is 2.00 bits per heavy atom. The van der Waals surface area contributed by atoms with Gasteiger partial charge >= 0.3 is 5.97 Å². The van der Waals surface area contributed by atoms with Crippen molar-refractivity contribution in [2.75, 3.05) is 5.32 Å². The number of hydrogen-bond donors (Lipinski definition) is 1. The summed E-state index contributed by atoms with van der Waals surface area (Å²) in [5.41, 5.74) is 1.51. The zero-order valence-corrected chi connectivity index (χ0v) is 14.4. The lowest BCUT2D eigenvalue weighted by Crippen LogP contribution is -2.23. The van der Waals surface area contributed by atoms with E-state index in [1.807, 2.05) is 30.3 Å². The van der Waals surface area contributed by atoms with Crippen LogP contribution in [0.1, 0.15) is 5.69 Å². The SMILES string of the molecule is C=COC1OC(=O)C(Cl)=C1Nc1c(C)n(C)n(-c2ccccc2)c1=O. The molecule has 1 unspecified atom stereocenters. The Balaban J connectivity index is 2.06. The molecule has 0 fully saturated rings. The first-order valence-corrected chi connectivity index (χ1v) is 7.81. The molecule has 1 aromatic carbocycles. The largest absolute Gasteiger partial charge is 0.457 e. The highest BCUT2D eigenvalue weighted by Crippen LogP contribution is 2.28. The number of carbonyl (C=O) groups is 1. The van der Waals surface area contributed by atoms with E-state index in [4.69, 9.17) is 21.1 Å². The molecule has 130 valence electrons. The van der Waals surface area contributed by atoms with Crippen molar-refractivity contribution in [2.45, 2.75) is 13.2 Å². The second-order valence-electron chi connectivity index (χ2n) is 5.33. The number of halogens is 1. The van der Waals surface area contributed by atoms with E-state index in [-0.39, 0.29) is 22.0 Å². The first kappa shape index (κ1) is 16.9. The molecule has 0 radical (unpaired) electrons. The summed E-state index contributed by atoms with van der Waals surface area (Å²) in [6, 6.07) is 9.19. The van der Waals surface area contributed by atoms with E-state index in [9.17, 15) is 9.59 Å². The highest BCUT2D eigenvalue weighted by molar-refractivity contribution is 6.42. The maximum Gasteiger partial charge on any atom is 0.355 e. The van der Waals surface area contributed by atoms with Crippen LogP contribution in [-0.2, 0) is 21.3 Å². The van der Waals surface area contributed by atoms with Crippen LogP contribution >= 0.6 is 11.6 Å².